The van der Waals surface area contributed by atoms with Gasteiger partial charge in [0.05, 0.1) is 24.0 Å². The topological polar surface area (TPSA) is 207 Å². The van der Waals surface area contributed by atoms with Gasteiger partial charge >= 0.3 is 0 Å². The smallest absolute Gasteiger partial charge is 0.276 e. The van der Waals surface area contributed by atoms with Gasteiger partial charge in [-0.1, -0.05) is 24.8 Å². The largest absolute Gasteiger partial charge is 0.494 e. The highest BCUT2D eigenvalue weighted by molar-refractivity contribution is 6.04. The quantitative estimate of drug-likeness (QED) is 0.106. The lowest BCUT2D eigenvalue weighted by Gasteiger charge is -2.15. The van der Waals surface area contributed by atoms with Crippen LogP contribution in [0.2, 0.25) is 0 Å². The van der Waals surface area contributed by atoms with E-state index in [4.69, 9.17) is 26.7 Å². The number of nitrogens with two attached hydrogens (primary N) is 3. The predicted molar refractivity (Wildman–Crippen MR) is 168 cm³/mol. The molecule has 44 heavy (non-hydrogen) atoms. The van der Waals surface area contributed by atoms with Gasteiger partial charge in [0.15, 0.2) is 0 Å². The van der Waals surface area contributed by atoms with Gasteiger partial charge in [-0.2, -0.15) is 5.10 Å². The summed E-state index contributed by atoms with van der Waals surface area (Å²) in [6, 6.07) is 7.75. The standard InChI is InChI=1S/C30H35N9O5/c1-5-11-44-23-15-18(27(32)40)13-20(31)25(23)34-9-7-8-10-38-26-21(14-19(28(33)41)16-24(26)43-4)35-30(38)36-29(42)22-12-17(3)37-39(22)6-2/h5,7-8,12-16,34H,1,6,9-11,31H2,2-4H3,(H2,32,40)(H2,33,41)(H,35,36,42)/b8-7+. The molecule has 0 bridgehead atoms. The number of nitrogen functional groups attached to an aromatic ring is 1. The molecule has 0 atom stereocenters. The van der Waals surface area contributed by atoms with Crippen LogP contribution in [0.1, 0.15) is 43.8 Å². The first-order valence-electron chi connectivity index (χ1n) is 13.7. The molecule has 4 aromatic rings. The van der Waals surface area contributed by atoms with Gasteiger partial charge in [-0.3, -0.25) is 24.4 Å². The van der Waals surface area contributed by atoms with Crippen LogP contribution in [0.3, 0.4) is 0 Å². The van der Waals surface area contributed by atoms with Gasteiger partial charge in [0, 0.05) is 30.8 Å². The monoisotopic (exact) mass is 601 g/mol. The first-order chi connectivity index (χ1) is 21.1. The van der Waals surface area contributed by atoms with Gasteiger partial charge < -0.3 is 36.6 Å². The Labute approximate surface area is 253 Å². The fourth-order valence-electron chi connectivity index (χ4n) is 4.59. The number of allylic oxidation sites excluding steroid dienone is 1. The fourth-order valence-corrected chi connectivity index (χ4v) is 4.59. The number of benzene rings is 2. The second-order valence-electron chi connectivity index (χ2n) is 9.65. The minimum atomic E-state index is -0.641. The average molecular weight is 602 g/mol. The molecule has 14 nitrogen and oxygen atoms in total. The molecule has 0 saturated heterocycles. The average Bonchev–Trinajstić information content (AvgIpc) is 3.55. The maximum Gasteiger partial charge on any atom is 0.276 e. The van der Waals surface area contributed by atoms with E-state index in [0.717, 1.165) is 0 Å². The second kappa shape index (κ2) is 13.5. The van der Waals surface area contributed by atoms with Crippen LogP contribution >= 0.6 is 0 Å². The summed E-state index contributed by atoms with van der Waals surface area (Å²) >= 11 is 0. The molecule has 2 aromatic carbocycles. The van der Waals surface area contributed by atoms with Crippen molar-refractivity contribution in [2.45, 2.75) is 26.9 Å². The van der Waals surface area contributed by atoms with Crippen LogP contribution in [0.25, 0.3) is 11.0 Å². The molecule has 0 aliphatic carbocycles. The lowest BCUT2D eigenvalue weighted by atomic mass is 10.1. The van der Waals surface area contributed by atoms with Crippen LogP contribution in [0.15, 0.2) is 55.1 Å². The number of rotatable bonds is 14. The summed E-state index contributed by atoms with van der Waals surface area (Å²) in [4.78, 5) is 41.5. The first kappa shape index (κ1) is 31.2. The van der Waals surface area contributed by atoms with Gasteiger partial charge in [0.25, 0.3) is 5.91 Å². The summed E-state index contributed by atoms with van der Waals surface area (Å²) in [5.41, 5.74) is 20.4. The number of anilines is 3. The summed E-state index contributed by atoms with van der Waals surface area (Å²) in [6.07, 6.45) is 5.26. The minimum absolute atomic E-state index is 0.201. The van der Waals surface area contributed by atoms with Gasteiger partial charge in [0.1, 0.15) is 35.0 Å². The molecule has 4 rings (SSSR count). The van der Waals surface area contributed by atoms with E-state index in [-0.39, 0.29) is 35.9 Å². The molecule has 0 unspecified atom stereocenters. The van der Waals surface area contributed by atoms with Crippen molar-refractivity contribution >= 4 is 46.1 Å². The van der Waals surface area contributed by atoms with Gasteiger partial charge in [0.2, 0.25) is 17.8 Å². The number of ether oxygens (including phenoxy) is 2. The third kappa shape index (κ3) is 6.64. The summed E-state index contributed by atoms with van der Waals surface area (Å²) in [6.45, 7) is 8.65. The van der Waals surface area contributed by atoms with Gasteiger partial charge in [-0.15, -0.1) is 0 Å². The molecule has 2 heterocycles. The van der Waals surface area contributed by atoms with Crippen molar-refractivity contribution < 1.29 is 23.9 Å². The first-order valence-corrected chi connectivity index (χ1v) is 13.7. The molecule has 2 aromatic heterocycles. The van der Waals surface area contributed by atoms with Gasteiger partial charge in [-0.25, -0.2) is 4.98 Å². The van der Waals surface area contributed by atoms with E-state index >= 15 is 0 Å². The summed E-state index contributed by atoms with van der Waals surface area (Å²) in [7, 11) is 1.47. The van der Waals surface area contributed by atoms with Crippen LogP contribution in [-0.4, -0.2) is 57.3 Å². The zero-order valence-corrected chi connectivity index (χ0v) is 24.7. The molecular weight excluding hydrogens is 566 g/mol. The zero-order chi connectivity index (χ0) is 32.0. The minimum Gasteiger partial charge on any atom is -0.494 e. The van der Waals surface area contributed by atoms with Crippen molar-refractivity contribution in [2.24, 2.45) is 11.5 Å². The SMILES string of the molecule is C=CCOc1cc(C(N)=O)cc(N)c1NC/C=C/Cn1c(NC(=O)c2cc(C)nn2CC)nc2cc(C(N)=O)cc(OC)c21. The Morgan fingerprint density at radius 2 is 1.75 bits per heavy atom. The number of aryl methyl sites for hydroxylation is 2. The highest BCUT2D eigenvalue weighted by Crippen LogP contribution is 2.33. The second-order valence-corrected chi connectivity index (χ2v) is 9.65. The molecule has 0 aliphatic rings. The Hall–Kier alpha value is -5.79. The highest BCUT2D eigenvalue weighted by Gasteiger charge is 2.21. The van der Waals surface area contributed by atoms with E-state index in [0.29, 0.717) is 52.7 Å². The summed E-state index contributed by atoms with van der Waals surface area (Å²) in [5, 5.41) is 10.4. The third-order valence-electron chi connectivity index (χ3n) is 6.60. The Morgan fingerprint density at radius 1 is 1.05 bits per heavy atom. The maximum absolute atomic E-state index is 13.3. The van der Waals surface area contributed by atoms with Crippen LogP contribution in [0.5, 0.6) is 11.5 Å². The normalized spacial score (nSPS) is 11.1. The lowest BCUT2D eigenvalue weighted by molar-refractivity contribution is 0.0991. The maximum atomic E-state index is 13.3. The molecule has 0 saturated carbocycles. The molecule has 0 spiro atoms. The number of imidazole rings is 1. The van der Waals surface area contributed by atoms with Crippen molar-refractivity contribution in [2.75, 3.05) is 36.6 Å². The molecule has 0 fully saturated rings. The Morgan fingerprint density at radius 3 is 2.41 bits per heavy atom. The van der Waals surface area contributed by atoms with Crippen LogP contribution in [-0.2, 0) is 13.1 Å². The summed E-state index contributed by atoms with van der Waals surface area (Å²) in [5.74, 6) is -0.722. The Balaban J connectivity index is 1.64. The van der Waals surface area contributed by atoms with E-state index in [1.807, 2.05) is 26.0 Å². The number of primary amides is 2. The lowest BCUT2D eigenvalue weighted by Crippen LogP contribution is -2.20. The number of carbonyl (C=O) groups excluding carboxylic acids is 3. The molecule has 230 valence electrons. The third-order valence-corrected chi connectivity index (χ3v) is 6.60. The Kier molecular flexibility index (Phi) is 9.53. The van der Waals surface area contributed by atoms with E-state index < -0.39 is 17.7 Å². The number of amides is 3. The van der Waals surface area contributed by atoms with Crippen molar-refractivity contribution in [1.82, 2.24) is 19.3 Å². The molecule has 0 radical (unpaired) electrons. The van der Waals surface area contributed by atoms with Crippen molar-refractivity contribution in [3.05, 3.63) is 77.7 Å². The number of hydrogen-bond donors (Lipinski definition) is 5. The van der Waals surface area contributed by atoms with Crippen LogP contribution < -0.4 is 37.3 Å². The van der Waals surface area contributed by atoms with E-state index in [1.54, 1.807) is 27.5 Å². The predicted octanol–water partition coefficient (Wildman–Crippen LogP) is 2.84. The van der Waals surface area contributed by atoms with Crippen LogP contribution in [0.4, 0.5) is 17.3 Å². The Bertz CT molecular complexity index is 1770. The zero-order valence-electron chi connectivity index (χ0n) is 24.7. The number of methoxy groups -OCH3 is 1. The highest BCUT2D eigenvalue weighted by atomic mass is 16.5. The number of aromatic nitrogens is 4. The van der Waals surface area contributed by atoms with Crippen molar-refractivity contribution in [3.63, 3.8) is 0 Å². The molecule has 14 heteroatoms. The van der Waals surface area contributed by atoms with Crippen LogP contribution in [0, 0.1) is 6.92 Å². The molecule has 8 N–H and O–H groups in total. The fraction of sp³-hybridized carbons (Fsp3) is 0.233. The molecule has 3 amide bonds. The number of fused-ring (bicyclic) bond motifs is 1. The number of hydrogen-bond acceptors (Lipinski definition) is 9. The van der Waals surface area contributed by atoms with Gasteiger partial charge in [-0.05, 0) is 44.2 Å². The molecular formula is C30H35N9O5. The number of nitrogens with one attached hydrogen (secondary N) is 2. The number of nitrogens with zero attached hydrogens (tertiary/aromatic N) is 4. The van der Waals surface area contributed by atoms with Crippen molar-refractivity contribution in [1.29, 1.82) is 0 Å². The van der Waals surface area contributed by atoms with E-state index in [9.17, 15) is 14.4 Å². The van der Waals surface area contributed by atoms with Crippen molar-refractivity contribution in [3.8, 4) is 11.5 Å². The summed E-state index contributed by atoms with van der Waals surface area (Å²) < 4.78 is 14.6. The van der Waals surface area contributed by atoms with E-state index in [1.165, 1.54) is 25.3 Å². The molecule has 0 aliphatic heterocycles. The number of carbonyl (C=O) groups is 3. The van der Waals surface area contributed by atoms with E-state index in [2.05, 4.69) is 27.3 Å².